The molecule has 1 aromatic rings. The number of rotatable bonds is 4. The van der Waals surface area contributed by atoms with Crippen LogP contribution in [0.25, 0.3) is 0 Å². The van der Waals surface area contributed by atoms with Crippen molar-refractivity contribution in [1.29, 1.82) is 0 Å². The van der Waals surface area contributed by atoms with Crippen LogP contribution in [0.1, 0.15) is 41.6 Å². The number of aryl methyl sites for hydroxylation is 1. The third kappa shape index (κ3) is 3.80. The van der Waals surface area contributed by atoms with E-state index in [0.717, 1.165) is 22.9 Å². The molecule has 1 aliphatic rings. The number of halogens is 1. The van der Waals surface area contributed by atoms with Gasteiger partial charge in [-0.3, -0.25) is 4.79 Å². The van der Waals surface area contributed by atoms with Gasteiger partial charge in [-0.2, -0.15) is 0 Å². The zero-order valence-electron chi connectivity index (χ0n) is 11.2. The molecule has 19 heavy (non-hydrogen) atoms. The van der Waals surface area contributed by atoms with Crippen LogP contribution in [0.4, 0.5) is 0 Å². The van der Waals surface area contributed by atoms with Crippen molar-refractivity contribution in [2.75, 3.05) is 6.54 Å². The second-order valence-corrected chi connectivity index (χ2v) is 6.16. The fourth-order valence-electron chi connectivity index (χ4n) is 2.61. The first-order valence-corrected chi connectivity index (χ1v) is 7.59. The van der Waals surface area contributed by atoms with Gasteiger partial charge >= 0.3 is 0 Å². The van der Waals surface area contributed by atoms with E-state index in [-0.39, 0.29) is 5.91 Å². The third-order valence-electron chi connectivity index (χ3n) is 3.78. The molecule has 0 aliphatic heterocycles. The molecular formula is C15H20BrNO2. The molecule has 0 radical (unpaired) electrons. The summed E-state index contributed by atoms with van der Waals surface area (Å²) >= 11 is 3.40. The first kappa shape index (κ1) is 14.5. The lowest BCUT2D eigenvalue weighted by Gasteiger charge is -2.18. The standard InChI is InChI=1S/C15H20BrNO2/c1-10-6-7-12(13(16)8-10)15(19)17-9-14(18)11-4-2-3-5-11/h6-8,11,14,18H,2-5,9H2,1H3,(H,17,19). The highest BCUT2D eigenvalue weighted by molar-refractivity contribution is 9.10. The van der Waals surface area contributed by atoms with Crippen LogP contribution in [0, 0.1) is 12.8 Å². The summed E-state index contributed by atoms with van der Waals surface area (Å²) in [7, 11) is 0. The molecule has 3 nitrogen and oxygen atoms in total. The van der Waals surface area contributed by atoms with Crippen LogP contribution in [-0.4, -0.2) is 23.7 Å². The van der Waals surface area contributed by atoms with Crippen LogP contribution in [-0.2, 0) is 0 Å². The molecule has 2 rings (SSSR count). The predicted molar refractivity (Wildman–Crippen MR) is 79.2 cm³/mol. The summed E-state index contributed by atoms with van der Waals surface area (Å²) in [6.07, 6.45) is 4.12. The number of hydrogen-bond acceptors (Lipinski definition) is 2. The minimum absolute atomic E-state index is 0.135. The Labute approximate surface area is 122 Å². The summed E-state index contributed by atoms with van der Waals surface area (Å²) in [5.41, 5.74) is 1.72. The van der Waals surface area contributed by atoms with E-state index in [1.54, 1.807) is 6.07 Å². The molecule has 0 heterocycles. The molecule has 1 fully saturated rings. The van der Waals surface area contributed by atoms with Gasteiger partial charge in [0.1, 0.15) is 0 Å². The van der Waals surface area contributed by atoms with Crippen LogP contribution in [0.3, 0.4) is 0 Å². The van der Waals surface area contributed by atoms with Gasteiger partial charge in [0, 0.05) is 11.0 Å². The Kier molecular flexibility index (Phi) is 4.99. The normalized spacial score (nSPS) is 17.4. The van der Waals surface area contributed by atoms with Crippen molar-refractivity contribution in [3.63, 3.8) is 0 Å². The van der Waals surface area contributed by atoms with E-state index in [4.69, 9.17) is 0 Å². The molecule has 4 heteroatoms. The molecule has 1 amide bonds. The van der Waals surface area contributed by atoms with Crippen molar-refractivity contribution >= 4 is 21.8 Å². The van der Waals surface area contributed by atoms with Crippen LogP contribution < -0.4 is 5.32 Å². The van der Waals surface area contributed by atoms with Crippen molar-refractivity contribution in [3.8, 4) is 0 Å². The van der Waals surface area contributed by atoms with Gasteiger partial charge in [0.05, 0.1) is 11.7 Å². The lowest BCUT2D eigenvalue weighted by Crippen LogP contribution is -2.35. The van der Waals surface area contributed by atoms with E-state index in [9.17, 15) is 9.90 Å². The van der Waals surface area contributed by atoms with Gasteiger partial charge in [-0.25, -0.2) is 0 Å². The Morgan fingerprint density at radius 1 is 1.47 bits per heavy atom. The summed E-state index contributed by atoms with van der Waals surface area (Å²) in [6.45, 7) is 2.32. The number of carbonyl (C=O) groups excluding carboxylic acids is 1. The SMILES string of the molecule is Cc1ccc(C(=O)NCC(O)C2CCCC2)c(Br)c1. The van der Waals surface area contributed by atoms with E-state index < -0.39 is 6.10 Å². The zero-order valence-corrected chi connectivity index (χ0v) is 12.7. The maximum Gasteiger partial charge on any atom is 0.252 e. The first-order chi connectivity index (χ1) is 9.08. The number of aliphatic hydroxyl groups excluding tert-OH is 1. The molecule has 1 aliphatic carbocycles. The molecule has 0 saturated heterocycles. The highest BCUT2D eigenvalue weighted by Gasteiger charge is 2.23. The van der Waals surface area contributed by atoms with Crippen LogP contribution in [0.5, 0.6) is 0 Å². The van der Waals surface area contributed by atoms with Crippen molar-refractivity contribution in [1.82, 2.24) is 5.32 Å². The number of aliphatic hydroxyl groups is 1. The second-order valence-electron chi connectivity index (χ2n) is 5.31. The summed E-state index contributed by atoms with van der Waals surface area (Å²) in [4.78, 5) is 12.0. The number of carbonyl (C=O) groups is 1. The number of amides is 1. The van der Waals surface area contributed by atoms with E-state index >= 15 is 0 Å². The predicted octanol–water partition coefficient (Wildman–Crippen LogP) is 3.04. The summed E-state index contributed by atoms with van der Waals surface area (Å²) in [5.74, 6) is 0.214. The van der Waals surface area contributed by atoms with Gasteiger partial charge in [0.25, 0.3) is 5.91 Å². The Balaban J connectivity index is 1.90. The third-order valence-corrected chi connectivity index (χ3v) is 4.44. The molecular weight excluding hydrogens is 306 g/mol. The maximum atomic E-state index is 12.0. The van der Waals surface area contributed by atoms with E-state index in [1.165, 1.54) is 12.8 Å². The molecule has 104 valence electrons. The van der Waals surface area contributed by atoms with Gasteiger partial charge in [-0.05, 0) is 59.3 Å². The molecule has 0 aromatic heterocycles. The molecule has 0 spiro atoms. The quantitative estimate of drug-likeness (QED) is 0.893. The minimum Gasteiger partial charge on any atom is -0.391 e. The first-order valence-electron chi connectivity index (χ1n) is 6.80. The number of hydrogen-bond donors (Lipinski definition) is 2. The van der Waals surface area contributed by atoms with Crippen LogP contribution >= 0.6 is 15.9 Å². The maximum absolute atomic E-state index is 12.0. The van der Waals surface area contributed by atoms with Crippen molar-refractivity contribution < 1.29 is 9.90 Å². The Hall–Kier alpha value is -0.870. The van der Waals surface area contributed by atoms with E-state index in [2.05, 4.69) is 21.2 Å². The smallest absolute Gasteiger partial charge is 0.252 e. The molecule has 1 unspecified atom stereocenters. The van der Waals surface area contributed by atoms with Gasteiger partial charge in [-0.15, -0.1) is 0 Å². The van der Waals surface area contributed by atoms with Gasteiger partial charge in [0.15, 0.2) is 0 Å². The number of benzene rings is 1. The van der Waals surface area contributed by atoms with Crippen molar-refractivity contribution in [2.24, 2.45) is 5.92 Å². The molecule has 1 atom stereocenters. The molecule has 1 saturated carbocycles. The molecule has 0 bridgehead atoms. The van der Waals surface area contributed by atoms with Gasteiger partial charge in [-0.1, -0.05) is 18.9 Å². The number of nitrogens with one attached hydrogen (secondary N) is 1. The largest absolute Gasteiger partial charge is 0.391 e. The summed E-state index contributed by atoms with van der Waals surface area (Å²) in [6, 6.07) is 5.63. The fraction of sp³-hybridized carbons (Fsp3) is 0.533. The van der Waals surface area contributed by atoms with E-state index in [1.807, 2.05) is 19.1 Å². The lowest BCUT2D eigenvalue weighted by atomic mass is 10.0. The van der Waals surface area contributed by atoms with Crippen molar-refractivity contribution in [2.45, 2.75) is 38.7 Å². The summed E-state index contributed by atoms with van der Waals surface area (Å²) < 4.78 is 0.792. The molecule has 2 N–H and O–H groups in total. The lowest BCUT2D eigenvalue weighted by molar-refractivity contribution is 0.0840. The second kappa shape index (κ2) is 6.53. The minimum atomic E-state index is -0.421. The topological polar surface area (TPSA) is 49.3 Å². The Bertz CT molecular complexity index is 455. The Morgan fingerprint density at radius 2 is 2.16 bits per heavy atom. The highest BCUT2D eigenvalue weighted by atomic mass is 79.9. The highest BCUT2D eigenvalue weighted by Crippen LogP contribution is 2.27. The van der Waals surface area contributed by atoms with Crippen LogP contribution in [0.15, 0.2) is 22.7 Å². The average molecular weight is 326 g/mol. The molecule has 1 aromatic carbocycles. The van der Waals surface area contributed by atoms with Gasteiger partial charge < -0.3 is 10.4 Å². The summed E-state index contributed by atoms with van der Waals surface area (Å²) in [5, 5.41) is 12.8. The average Bonchev–Trinajstić information content (AvgIpc) is 2.89. The fourth-order valence-corrected chi connectivity index (χ4v) is 3.28. The zero-order chi connectivity index (χ0) is 13.8. The van der Waals surface area contributed by atoms with Gasteiger partial charge in [0.2, 0.25) is 0 Å². The van der Waals surface area contributed by atoms with Crippen molar-refractivity contribution in [3.05, 3.63) is 33.8 Å². The monoisotopic (exact) mass is 325 g/mol. The Morgan fingerprint density at radius 3 is 2.79 bits per heavy atom. The van der Waals surface area contributed by atoms with Crippen LogP contribution in [0.2, 0.25) is 0 Å². The van der Waals surface area contributed by atoms with E-state index in [0.29, 0.717) is 18.0 Å².